The maximum atomic E-state index is 12.1. The Hall–Kier alpha value is -1.61. The summed E-state index contributed by atoms with van der Waals surface area (Å²) in [5.74, 6) is 0.271. The van der Waals surface area contributed by atoms with Crippen LogP contribution in [0.3, 0.4) is 0 Å². The molecule has 3 heteroatoms. The van der Waals surface area contributed by atoms with Gasteiger partial charge in [-0.05, 0) is 35.7 Å². The molecule has 2 aromatic carbocycles. The van der Waals surface area contributed by atoms with Gasteiger partial charge in [-0.2, -0.15) is 0 Å². The molecule has 0 radical (unpaired) electrons. The molecule has 0 N–H and O–H groups in total. The molecule has 104 valence electrons. The van der Waals surface area contributed by atoms with Gasteiger partial charge in [0.2, 0.25) is 0 Å². The molecule has 2 nitrogen and oxygen atoms in total. The molecule has 2 aromatic rings. The number of rotatable bonds is 2. The quantitative estimate of drug-likeness (QED) is 0.573. The Morgan fingerprint density at radius 1 is 1.05 bits per heavy atom. The van der Waals surface area contributed by atoms with E-state index < -0.39 is 0 Å². The van der Waals surface area contributed by atoms with E-state index in [2.05, 4.69) is 36.7 Å². The van der Waals surface area contributed by atoms with Crippen LogP contribution in [0.5, 0.6) is 5.75 Å². The molecule has 0 saturated carbocycles. The fourth-order valence-electron chi connectivity index (χ4n) is 1.91. The van der Waals surface area contributed by atoms with Crippen molar-refractivity contribution in [1.29, 1.82) is 0 Å². The standard InChI is InChI=1S/C17H17BrO2/c1-17(2,3)14-11-13(18)9-10-15(14)20-16(19)12-7-5-4-6-8-12/h4-11H,1-3H3. The zero-order valence-corrected chi connectivity index (χ0v) is 13.4. The Morgan fingerprint density at radius 3 is 2.30 bits per heavy atom. The molecular formula is C17H17BrO2. The highest BCUT2D eigenvalue weighted by Crippen LogP contribution is 2.34. The van der Waals surface area contributed by atoms with E-state index in [0.29, 0.717) is 11.3 Å². The summed E-state index contributed by atoms with van der Waals surface area (Å²) in [5.41, 5.74) is 1.45. The second-order valence-corrected chi connectivity index (χ2v) is 6.56. The van der Waals surface area contributed by atoms with Crippen molar-refractivity contribution in [2.45, 2.75) is 26.2 Å². The number of hydrogen-bond donors (Lipinski definition) is 0. The first-order valence-electron chi connectivity index (χ1n) is 6.45. The Balaban J connectivity index is 2.33. The van der Waals surface area contributed by atoms with Crippen molar-refractivity contribution in [2.24, 2.45) is 0 Å². The highest BCUT2D eigenvalue weighted by Gasteiger charge is 2.21. The number of halogens is 1. The van der Waals surface area contributed by atoms with Gasteiger partial charge in [0.05, 0.1) is 5.56 Å². The lowest BCUT2D eigenvalue weighted by Crippen LogP contribution is -2.16. The van der Waals surface area contributed by atoms with E-state index in [1.165, 1.54) is 0 Å². The van der Waals surface area contributed by atoms with Gasteiger partial charge < -0.3 is 4.74 Å². The fraction of sp³-hybridized carbons (Fsp3) is 0.235. The Labute approximate surface area is 127 Å². The lowest BCUT2D eigenvalue weighted by molar-refractivity contribution is 0.0732. The number of carbonyl (C=O) groups is 1. The highest BCUT2D eigenvalue weighted by molar-refractivity contribution is 9.10. The normalized spacial score (nSPS) is 11.2. The van der Waals surface area contributed by atoms with Gasteiger partial charge in [-0.3, -0.25) is 0 Å². The van der Waals surface area contributed by atoms with Crippen molar-refractivity contribution < 1.29 is 9.53 Å². The first-order valence-corrected chi connectivity index (χ1v) is 7.24. The summed E-state index contributed by atoms with van der Waals surface area (Å²) in [6.07, 6.45) is 0. The van der Waals surface area contributed by atoms with Gasteiger partial charge in [0.15, 0.2) is 0 Å². The van der Waals surface area contributed by atoms with Crippen LogP contribution in [0, 0.1) is 0 Å². The minimum absolute atomic E-state index is 0.101. The number of ether oxygens (including phenoxy) is 1. The maximum absolute atomic E-state index is 12.1. The largest absolute Gasteiger partial charge is 0.423 e. The van der Waals surface area contributed by atoms with E-state index in [0.717, 1.165) is 10.0 Å². The summed E-state index contributed by atoms with van der Waals surface area (Å²) in [7, 11) is 0. The molecule has 0 heterocycles. The van der Waals surface area contributed by atoms with E-state index in [4.69, 9.17) is 4.74 Å². The van der Waals surface area contributed by atoms with E-state index in [-0.39, 0.29) is 11.4 Å². The van der Waals surface area contributed by atoms with Crippen LogP contribution in [0.25, 0.3) is 0 Å². The van der Waals surface area contributed by atoms with Crippen LogP contribution in [0.15, 0.2) is 53.0 Å². The monoisotopic (exact) mass is 332 g/mol. The molecule has 0 saturated heterocycles. The van der Waals surface area contributed by atoms with Gasteiger partial charge in [-0.25, -0.2) is 4.79 Å². The first-order chi connectivity index (χ1) is 9.38. The minimum Gasteiger partial charge on any atom is -0.423 e. The van der Waals surface area contributed by atoms with Crippen molar-refractivity contribution in [3.05, 3.63) is 64.1 Å². The molecule has 0 spiro atoms. The second-order valence-electron chi connectivity index (χ2n) is 5.65. The molecular weight excluding hydrogens is 316 g/mol. The van der Waals surface area contributed by atoms with Crippen molar-refractivity contribution in [3.63, 3.8) is 0 Å². The van der Waals surface area contributed by atoms with Crippen LogP contribution in [0.2, 0.25) is 0 Å². The lowest BCUT2D eigenvalue weighted by Gasteiger charge is -2.22. The third-order valence-electron chi connectivity index (χ3n) is 2.96. The predicted molar refractivity (Wildman–Crippen MR) is 84.2 cm³/mol. The van der Waals surface area contributed by atoms with Crippen molar-refractivity contribution in [3.8, 4) is 5.75 Å². The number of esters is 1. The van der Waals surface area contributed by atoms with Crippen LogP contribution in [0.1, 0.15) is 36.7 Å². The van der Waals surface area contributed by atoms with Crippen LogP contribution in [0.4, 0.5) is 0 Å². The molecule has 0 aromatic heterocycles. The summed E-state index contributed by atoms with van der Waals surface area (Å²) in [6, 6.07) is 14.7. The zero-order valence-electron chi connectivity index (χ0n) is 11.8. The first kappa shape index (κ1) is 14.8. The zero-order chi connectivity index (χ0) is 14.8. The summed E-state index contributed by atoms with van der Waals surface area (Å²) >= 11 is 3.46. The molecule has 20 heavy (non-hydrogen) atoms. The molecule has 2 rings (SSSR count). The fourth-order valence-corrected chi connectivity index (χ4v) is 2.27. The van der Waals surface area contributed by atoms with Crippen LogP contribution < -0.4 is 4.74 Å². The molecule has 0 unspecified atom stereocenters. The van der Waals surface area contributed by atoms with E-state index in [9.17, 15) is 4.79 Å². The van der Waals surface area contributed by atoms with Crippen molar-refractivity contribution in [1.82, 2.24) is 0 Å². The molecule has 0 aliphatic heterocycles. The summed E-state index contributed by atoms with van der Waals surface area (Å²) < 4.78 is 6.53. The van der Waals surface area contributed by atoms with Crippen LogP contribution in [-0.2, 0) is 5.41 Å². The van der Waals surface area contributed by atoms with Gasteiger partial charge in [-0.15, -0.1) is 0 Å². The summed E-state index contributed by atoms with van der Waals surface area (Å²) in [6.45, 7) is 6.28. The van der Waals surface area contributed by atoms with Crippen molar-refractivity contribution >= 4 is 21.9 Å². The smallest absolute Gasteiger partial charge is 0.343 e. The Kier molecular flexibility index (Phi) is 4.29. The Morgan fingerprint density at radius 2 is 1.70 bits per heavy atom. The molecule has 0 aliphatic rings. The predicted octanol–water partition coefficient (Wildman–Crippen LogP) is 4.97. The molecule has 0 amide bonds. The minimum atomic E-state index is -0.335. The topological polar surface area (TPSA) is 26.3 Å². The summed E-state index contributed by atoms with van der Waals surface area (Å²) in [5, 5.41) is 0. The number of benzene rings is 2. The molecule has 0 bridgehead atoms. The highest BCUT2D eigenvalue weighted by atomic mass is 79.9. The van der Waals surface area contributed by atoms with E-state index in [1.807, 2.05) is 36.4 Å². The number of hydrogen-bond acceptors (Lipinski definition) is 2. The average Bonchev–Trinajstić information content (AvgIpc) is 2.40. The lowest BCUT2D eigenvalue weighted by atomic mass is 9.86. The van der Waals surface area contributed by atoms with Gasteiger partial charge in [-0.1, -0.05) is 54.9 Å². The van der Waals surface area contributed by atoms with Gasteiger partial charge >= 0.3 is 5.97 Å². The van der Waals surface area contributed by atoms with E-state index in [1.54, 1.807) is 12.1 Å². The van der Waals surface area contributed by atoms with Crippen LogP contribution in [-0.4, -0.2) is 5.97 Å². The third-order valence-corrected chi connectivity index (χ3v) is 3.46. The SMILES string of the molecule is CC(C)(C)c1cc(Br)ccc1OC(=O)c1ccccc1. The van der Waals surface area contributed by atoms with Gasteiger partial charge in [0, 0.05) is 10.0 Å². The Bertz CT molecular complexity index is 613. The second kappa shape index (κ2) is 5.80. The summed E-state index contributed by atoms with van der Waals surface area (Å²) in [4.78, 5) is 12.1. The van der Waals surface area contributed by atoms with Gasteiger partial charge in [0.1, 0.15) is 5.75 Å². The third kappa shape index (κ3) is 3.48. The van der Waals surface area contributed by atoms with Crippen LogP contribution >= 0.6 is 15.9 Å². The molecule has 0 aliphatic carbocycles. The van der Waals surface area contributed by atoms with Crippen molar-refractivity contribution in [2.75, 3.05) is 0 Å². The maximum Gasteiger partial charge on any atom is 0.343 e. The molecule has 0 fully saturated rings. The van der Waals surface area contributed by atoms with E-state index >= 15 is 0 Å². The van der Waals surface area contributed by atoms with Gasteiger partial charge in [0.25, 0.3) is 0 Å². The average molecular weight is 333 g/mol. The molecule has 0 atom stereocenters. The number of carbonyl (C=O) groups excluding carboxylic acids is 1.